The second kappa shape index (κ2) is 9.48. The molecule has 5 nitrogen and oxygen atoms in total. The van der Waals surface area contributed by atoms with Gasteiger partial charge in [-0.25, -0.2) is 9.97 Å². The number of amides is 1. The summed E-state index contributed by atoms with van der Waals surface area (Å²) < 4.78 is 2.09. The van der Waals surface area contributed by atoms with E-state index in [1.807, 2.05) is 49.7 Å². The number of para-hydroxylation sites is 1. The fraction of sp³-hybridized carbons (Fsp3) is 0.208. The smallest absolute Gasteiger partial charge is 0.230 e. The molecule has 0 N–H and O–H groups in total. The highest BCUT2D eigenvalue weighted by atomic mass is 35.5. The molecule has 0 spiro atoms. The van der Waals surface area contributed by atoms with E-state index < -0.39 is 0 Å². The van der Waals surface area contributed by atoms with Gasteiger partial charge < -0.3 is 0 Å². The van der Waals surface area contributed by atoms with E-state index in [4.69, 9.17) is 16.6 Å². The predicted octanol–water partition coefficient (Wildman–Crippen LogP) is 6.88. The lowest BCUT2D eigenvalue weighted by Gasteiger charge is -2.22. The van der Waals surface area contributed by atoms with Gasteiger partial charge in [-0.2, -0.15) is 0 Å². The minimum absolute atomic E-state index is 0.123. The quantitative estimate of drug-likeness (QED) is 0.281. The average molecular weight is 483 g/mol. The van der Waals surface area contributed by atoms with E-state index >= 15 is 0 Å². The molecule has 0 aliphatic carbocycles. The Morgan fingerprint density at radius 3 is 2.69 bits per heavy atom. The maximum absolute atomic E-state index is 12.5. The molecular formula is C24H23ClN4OS2. The summed E-state index contributed by atoms with van der Waals surface area (Å²) in [5, 5.41) is 4.04. The number of anilines is 2. The van der Waals surface area contributed by atoms with E-state index in [2.05, 4.69) is 28.6 Å². The van der Waals surface area contributed by atoms with Crippen molar-refractivity contribution in [3.05, 3.63) is 81.6 Å². The molecule has 4 aromatic rings. The lowest BCUT2D eigenvalue weighted by atomic mass is 10.1. The van der Waals surface area contributed by atoms with Crippen LogP contribution >= 0.6 is 34.7 Å². The number of hydrogen-bond donors (Lipinski definition) is 0. The van der Waals surface area contributed by atoms with E-state index in [9.17, 15) is 4.79 Å². The molecule has 2 aromatic carbocycles. The Hall–Kier alpha value is -2.61. The minimum Gasteiger partial charge on any atom is -0.295 e. The van der Waals surface area contributed by atoms with Gasteiger partial charge in [0.2, 0.25) is 5.91 Å². The molecule has 0 atom stereocenters. The number of nitrogens with zero attached hydrogens (tertiary/aromatic N) is 4. The van der Waals surface area contributed by atoms with Crippen molar-refractivity contribution in [1.82, 2.24) is 14.5 Å². The molecule has 0 unspecified atom stereocenters. The molecule has 2 aromatic heterocycles. The van der Waals surface area contributed by atoms with Gasteiger partial charge in [-0.1, -0.05) is 47.6 Å². The van der Waals surface area contributed by atoms with E-state index in [0.717, 1.165) is 27.7 Å². The number of hydrogen-bond acceptors (Lipinski definition) is 5. The van der Waals surface area contributed by atoms with Gasteiger partial charge in [0, 0.05) is 30.5 Å². The number of aromatic nitrogens is 3. The maximum Gasteiger partial charge on any atom is 0.230 e. The maximum atomic E-state index is 12.5. The number of thiazole rings is 1. The van der Waals surface area contributed by atoms with E-state index in [0.29, 0.717) is 21.6 Å². The average Bonchev–Trinajstić information content (AvgIpc) is 3.38. The first-order valence-electron chi connectivity index (χ1n) is 10.1. The number of benzene rings is 2. The normalized spacial score (nSPS) is 11.0. The second-order valence-electron chi connectivity index (χ2n) is 7.54. The van der Waals surface area contributed by atoms with Crippen LogP contribution in [-0.4, -0.2) is 20.4 Å². The van der Waals surface area contributed by atoms with Crippen molar-refractivity contribution in [3.63, 3.8) is 0 Å². The standard InChI is InChI=1S/C24H23ClN4OS2/c1-15-11-17(3)22(20(25)12-15)29(18(4)30)24-27-19(14-32-24)13-31-23-26-9-10-28(23)21-8-6-5-7-16(21)2/h5-12,14H,13H2,1-4H3. The lowest BCUT2D eigenvalue weighted by molar-refractivity contribution is -0.115. The fourth-order valence-electron chi connectivity index (χ4n) is 3.60. The first kappa shape index (κ1) is 22.6. The van der Waals surface area contributed by atoms with Crippen molar-refractivity contribution in [2.45, 2.75) is 38.6 Å². The fourth-order valence-corrected chi connectivity index (χ4v) is 5.84. The largest absolute Gasteiger partial charge is 0.295 e. The van der Waals surface area contributed by atoms with Crippen molar-refractivity contribution < 1.29 is 4.79 Å². The van der Waals surface area contributed by atoms with E-state index in [1.54, 1.807) is 22.9 Å². The summed E-state index contributed by atoms with van der Waals surface area (Å²) in [6.45, 7) is 7.57. The molecule has 4 rings (SSSR count). The summed E-state index contributed by atoms with van der Waals surface area (Å²) in [5.41, 5.74) is 5.87. The van der Waals surface area contributed by atoms with Crippen LogP contribution in [0, 0.1) is 20.8 Å². The minimum atomic E-state index is -0.123. The van der Waals surface area contributed by atoms with Crippen molar-refractivity contribution in [2.75, 3.05) is 4.90 Å². The van der Waals surface area contributed by atoms with Crippen LogP contribution in [-0.2, 0) is 10.5 Å². The molecule has 0 bridgehead atoms. The number of thioether (sulfide) groups is 1. The van der Waals surface area contributed by atoms with Gasteiger partial charge in [0.05, 0.1) is 22.1 Å². The molecule has 32 heavy (non-hydrogen) atoms. The number of imidazole rings is 1. The Morgan fingerprint density at radius 2 is 1.97 bits per heavy atom. The van der Waals surface area contributed by atoms with Crippen LogP contribution in [0.5, 0.6) is 0 Å². The first-order chi connectivity index (χ1) is 15.3. The topological polar surface area (TPSA) is 51.0 Å². The number of halogens is 1. The number of carbonyl (C=O) groups excluding carboxylic acids is 1. The van der Waals surface area contributed by atoms with Gasteiger partial charge in [-0.15, -0.1) is 11.3 Å². The predicted molar refractivity (Wildman–Crippen MR) is 134 cm³/mol. The van der Waals surface area contributed by atoms with Gasteiger partial charge in [0.15, 0.2) is 10.3 Å². The van der Waals surface area contributed by atoms with Gasteiger partial charge in [0.1, 0.15) is 0 Å². The van der Waals surface area contributed by atoms with E-state index in [1.165, 1.54) is 23.8 Å². The number of aryl methyl sites for hydroxylation is 3. The van der Waals surface area contributed by atoms with Crippen LogP contribution in [0.4, 0.5) is 10.8 Å². The zero-order chi connectivity index (χ0) is 22.8. The summed E-state index contributed by atoms with van der Waals surface area (Å²) >= 11 is 9.57. The zero-order valence-electron chi connectivity index (χ0n) is 18.3. The molecule has 0 fully saturated rings. The molecule has 0 aliphatic rings. The lowest BCUT2D eigenvalue weighted by Crippen LogP contribution is -2.24. The van der Waals surface area contributed by atoms with Crippen molar-refractivity contribution in [2.24, 2.45) is 0 Å². The highest BCUT2D eigenvalue weighted by molar-refractivity contribution is 7.98. The third kappa shape index (κ3) is 4.60. The molecule has 0 radical (unpaired) electrons. The molecule has 8 heteroatoms. The number of carbonyl (C=O) groups is 1. The van der Waals surface area contributed by atoms with Gasteiger partial charge in [0.25, 0.3) is 0 Å². The summed E-state index contributed by atoms with van der Waals surface area (Å²) in [5.74, 6) is 0.522. The van der Waals surface area contributed by atoms with Crippen LogP contribution in [0.2, 0.25) is 5.02 Å². The van der Waals surface area contributed by atoms with Crippen LogP contribution in [0.1, 0.15) is 29.3 Å². The summed E-state index contributed by atoms with van der Waals surface area (Å²) in [6.07, 6.45) is 3.78. The second-order valence-corrected chi connectivity index (χ2v) is 9.73. The van der Waals surface area contributed by atoms with Crippen LogP contribution in [0.15, 0.2) is 59.3 Å². The number of rotatable bonds is 6. The van der Waals surface area contributed by atoms with Crippen molar-refractivity contribution >= 4 is 51.4 Å². The summed E-state index contributed by atoms with van der Waals surface area (Å²) in [7, 11) is 0. The Morgan fingerprint density at radius 1 is 1.19 bits per heavy atom. The molecule has 164 valence electrons. The third-order valence-corrected chi connectivity index (χ3v) is 7.16. The van der Waals surface area contributed by atoms with Crippen LogP contribution in [0.3, 0.4) is 0 Å². The SMILES string of the molecule is CC(=O)N(c1nc(CSc2nccn2-c2ccccc2C)cs1)c1c(C)cc(C)cc1Cl. The van der Waals surface area contributed by atoms with E-state index in [-0.39, 0.29) is 5.91 Å². The molecule has 2 heterocycles. The highest BCUT2D eigenvalue weighted by Gasteiger charge is 2.23. The van der Waals surface area contributed by atoms with Gasteiger partial charge in [-0.05, 0) is 49.6 Å². The highest BCUT2D eigenvalue weighted by Crippen LogP contribution is 2.38. The first-order valence-corrected chi connectivity index (χ1v) is 12.3. The van der Waals surface area contributed by atoms with Gasteiger partial charge in [-0.3, -0.25) is 14.3 Å². The Balaban J connectivity index is 1.57. The third-order valence-electron chi connectivity index (χ3n) is 5.00. The monoisotopic (exact) mass is 482 g/mol. The molecule has 1 amide bonds. The van der Waals surface area contributed by atoms with Crippen molar-refractivity contribution in [3.8, 4) is 5.69 Å². The zero-order valence-corrected chi connectivity index (χ0v) is 20.7. The van der Waals surface area contributed by atoms with Crippen molar-refractivity contribution in [1.29, 1.82) is 0 Å². The molecule has 0 saturated heterocycles. The Labute approximate surface area is 201 Å². The molecule has 0 saturated carbocycles. The summed E-state index contributed by atoms with van der Waals surface area (Å²) in [4.78, 5) is 23.4. The summed E-state index contributed by atoms with van der Waals surface area (Å²) in [6, 6.07) is 12.1. The van der Waals surface area contributed by atoms with Crippen LogP contribution < -0.4 is 4.90 Å². The Bertz CT molecular complexity index is 1260. The molecule has 0 aliphatic heterocycles. The van der Waals surface area contributed by atoms with Gasteiger partial charge >= 0.3 is 0 Å². The molecular weight excluding hydrogens is 460 g/mol. The van der Waals surface area contributed by atoms with Crippen LogP contribution in [0.25, 0.3) is 5.69 Å². The Kier molecular flexibility index (Phi) is 6.69.